The van der Waals surface area contributed by atoms with Crippen molar-refractivity contribution in [2.75, 3.05) is 0 Å². The summed E-state index contributed by atoms with van der Waals surface area (Å²) < 4.78 is 10.5. The molecule has 1 heterocycles. The molecule has 0 atom stereocenters. The zero-order valence-electron chi connectivity index (χ0n) is 17.4. The Morgan fingerprint density at radius 2 is 1.62 bits per heavy atom. The minimum atomic E-state index is -1.04. The predicted molar refractivity (Wildman–Crippen MR) is 115 cm³/mol. The van der Waals surface area contributed by atoms with E-state index in [2.05, 4.69) is 6.92 Å². The molecule has 3 aromatic rings. The summed E-state index contributed by atoms with van der Waals surface area (Å²) in [6, 6.07) is 4.46. The van der Waals surface area contributed by atoms with Gasteiger partial charge in [-0.25, -0.2) is 0 Å². The lowest BCUT2D eigenvalue weighted by molar-refractivity contribution is -0.134. The van der Waals surface area contributed by atoms with Crippen molar-refractivity contribution >= 4 is 16.9 Å². The molecule has 0 saturated heterocycles. The highest BCUT2D eigenvalue weighted by Gasteiger charge is 2.24. The second-order valence-electron chi connectivity index (χ2n) is 7.40. The van der Waals surface area contributed by atoms with Crippen molar-refractivity contribution in [1.29, 1.82) is 0 Å². The van der Waals surface area contributed by atoms with Crippen molar-refractivity contribution in [2.45, 2.75) is 45.4 Å². The number of ether oxygens (including phenoxy) is 1. The highest BCUT2D eigenvalue weighted by molar-refractivity contribution is 5.92. The highest BCUT2D eigenvalue weighted by Crippen LogP contribution is 2.44. The number of phenolic OH excluding ortho intramolecular Hbond substituents is 4. The van der Waals surface area contributed by atoms with Gasteiger partial charge in [-0.2, -0.15) is 0 Å². The van der Waals surface area contributed by atoms with Crippen LogP contribution in [-0.2, 0) is 4.79 Å². The maximum Gasteiger partial charge on any atom is 0.311 e. The minimum absolute atomic E-state index is 0.0642. The van der Waals surface area contributed by atoms with Crippen molar-refractivity contribution < 1.29 is 39.5 Å². The minimum Gasteiger partial charge on any atom is -0.504 e. The first kappa shape index (κ1) is 22.8. The molecule has 3 rings (SSSR count). The molecule has 9 nitrogen and oxygen atoms in total. The van der Waals surface area contributed by atoms with Crippen LogP contribution < -0.4 is 10.2 Å². The van der Waals surface area contributed by atoms with E-state index >= 15 is 0 Å². The van der Waals surface area contributed by atoms with Gasteiger partial charge in [-0.3, -0.25) is 9.59 Å². The molecule has 1 aromatic heterocycles. The Morgan fingerprint density at radius 1 is 0.906 bits per heavy atom. The normalized spacial score (nSPS) is 11.0. The van der Waals surface area contributed by atoms with Crippen molar-refractivity contribution in [1.82, 2.24) is 0 Å². The topological polar surface area (TPSA) is 158 Å². The lowest BCUT2D eigenvalue weighted by Crippen LogP contribution is -2.09. The van der Waals surface area contributed by atoms with Gasteiger partial charge in [0.2, 0.25) is 16.9 Å². The van der Waals surface area contributed by atoms with Crippen LogP contribution in [0.3, 0.4) is 0 Å². The van der Waals surface area contributed by atoms with Gasteiger partial charge >= 0.3 is 5.97 Å². The molecule has 0 unspecified atom stereocenters. The number of carbonyl (C=O) groups is 1. The molecule has 0 bridgehead atoms. The van der Waals surface area contributed by atoms with Crippen molar-refractivity contribution in [3.63, 3.8) is 0 Å². The van der Waals surface area contributed by atoms with Crippen molar-refractivity contribution in [3.05, 3.63) is 34.5 Å². The fourth-order valence-corrected chi connectivity index (χ4v) is 3.29. The molecular formula is C23H24O9. The van der Waals surface area contributed by atoms with Gasteiger partial charge in [-0.05, 0) is 24.6 Å². The molecule has 0 aliphatic carbocycles. The number of carbonyl (C=O) groups excluding carboxylic acids is 1. The van der Waals surface area contributed by atoms with Gasteiger partial charge in [-0.1, -0.05) is 32.6 Å². The molecule has 2 aromatic carbocycles. The Kier molecular flexibility index (Phi) is 6.77. The maximum atomic E-state index is 12.7. The molecule has 32 heavy (non-hydrogen) atoms. The van der Waals surface area contributed by atoms with Gasteiger partial charge < -0.3 is 34.7 Å². The van der Waals surface area contributed by atoms with Crippen LogP contribution in [0.1, 0.15) is 45.4 Å². The quantitative estimate of drug-likeness (QED) is 0.148. The van der Waals surface area contributed by atoms with Gasteiger partial charge in [0, 0.05) is 18.1 Å². The average Bonchev–Trinajstić information content (AvgIpc) is 2.75. The smallest absolute Gasteiger partial charge is 0.311 e. The zero-order valence-corrected chi connectivity index (χ0v) is 17.4. The Hall–Kier alpha value is -3.88. The Morgan fingerprint density at radius 3 is 2.31 bits per heavy atom. The number of fused-ring (bicyclic) bond motifs is 1. The number of phenols is 4. The zero-order chi connectivity index (χ0) is 23.4. The molecule has 0 saturated carbocycles. The fraction of sp³-hybridized carbons (Fsp3) is 0.304. The molecule has 0 fully saturated rings. The van der Waals surface area contributed by atoms with Crippen LogP contribution in [0.4, 0.5) is 0 Å². The number of aromatic hydroxyl groups is 5. The van der Waals surface area contributed by atoms with Gasteiger partial charge in [0.1, 0.15) is 11.0 Å². The molecule has 9 heteroatoms. The molecule has 0 aliphatic heterocycles. The number of rotatable bonds is 8. The summed E-state index contributed by atoms with van der Waals surface area (Å²) in [4.78, 5) is 24.8. The molecule has 0 amide bonds. The lowest BCUT2D eigenvalue weighted by Gasteiger charge is -2.12. The van der Waals surface area contributed by atoms with Gasteiger partial charge in [0.25, 0.3) is 0 Å². The molecule has 0 radical (unpaired) electrons. The third kappa shape index (κ3) is 4.56. The number of esters is 1. The average molecular weight is 444 g/mol. The summed E-state index contributed by atoms with van der Waals surface area (Å²) in [5.74, 6) is -4.92. The van der Waals surface area contributed by atoms with E-state index in [1.165, 1.54) is 6.07 Å². The molecule has 0 aliphatic rings. The first-order valence-electron chi connectivity index (χ1n) is 10.2. The van der Waals surface area contributed by atoms with E-state index in [1.807, 2.05) is 0 Å². The van der Waals surface area contributed by atoms with Crippen molar-refractivity contribution in [2.24, 2.45) is 0 Å². The van der Waals surface area contributed by atoms with Crippen LogP contribution in [0, 0.1) is 0 Å². The summed E-state index contributed by atoms with van der Waals surface area (Å²) >= 11 is 0. The lowest BCUT2D eigenvalue weighted by atomic mass is 10.1. The van der Waals surface area contributed by atoms with Crippen LogP contribution >= 0.6 is 0 Å². The molecular weight excluding hydrogens is 420 g/mol. The summed E-state index contributed by atoms with van der Waals surface area (Å²) in [7, 11) is 0. The Balaban J connectivity index is 1.96. The van der Waals surface area contributed by atoms with E-state index < -0.39 is 51.3 Å². The number of hydrogen-bond donors (Lipinski definition) is 5. The van der Waals surface area contributed by atoms with Gasteiger partial charge in [0.05, 0.1) is 0 Å². The predicted octanol–water partition coefficient (Wildman–Crippen LogP) is 4.25. The summed E-state index contributed by atoms with van der Waals surface area (Å²) in [6.07, 6.45) is 4.60. The van der Waals surface area contributed by atoms with Crippen molar-refractivity contribution in [3.8, 4) is 45.8 Å². The number of benzene rings is 2. The Bertz CT molecular complexity index is 1210. The van der Waals surface area contributed by atoms with E-state index in [0.717, 1.165) is 43.9 Å². The molecule has 0 spiro atoms. The summed E-state index contributed by atoms with van der Waals surface area (Å²) in [6.45, 7) is 2.07. The van der Waals surface area contributed by atoms with Gasteiger partial charge in [0.15, 0.2) is 28.8 Å². The second-order valence-corrected chi connectivity index (χ2v) is 7.40. The SMILES string of the molecule is CCCCCCCC(=O)Oc1c(O)cc2oc(-c3ccc(O)c(O)c3)c(O)c(=O)c2c1O. The summed E-state index contributed by atoms with van der Waals surface area (Å²) in [5, 5.41) is 49.7. The van der Waals surface area contributed by atoms with Crippen LogP contribution in [0.25, 0.3) is 22.3 Å². The van der Waals surface area contributed by atoms with Crippen LogP contribution in [0.2, 0.25) is 0 Å². The van der Waals surface area contributed by atoms with E-state index in [4.69, 9.17) is 9.15 Å². The first-order valence-corrected chi connectivity index (χ1v) is 10.2. The van der Waals surface area contributed by atoms with Gasteiger partial charge in [-0.15, -0.1) is 0 Å². The molecule has 5 N–H and O–H groups in total. The number of unbranched alkanes of at least 4 members (excludes halogenated alkanes) is 4. The monoisotopic (exact) mass is 444 g/mol. The Labute approximate surface area is 182 Å². The standard InChI is InChI=1S/C23H24O9/c1-2-3-4-5-6-7-17(27)32-23-15(26)11-16-18(20(23)29)19(28)21(30)22(31-16)12-8-9-13(24)14(25)10-12/h8-11,24-26,29-30H,2-7H2,1H3. The van der Waals surface area contributed by atoms with Crippen LogP contribution in [-0.4, -0.2) is 31.5 Å². The van der Waals surface area contributed by atoms with E-state index in [0.29, 0.717) is 6.42 Å². The number of hydrogen-bond acceptors (Lipinski definition) is 9. The third-order valence-corrected chi connectivity index (χ3v) is 5.01. The second kappa shape index (κ2) is 9.51. The van der Waals surface area contributed by atoms with Crippen LogP contribution in [0.5, 0.6) is 34.5 Å². The third-order valence-electron chi connectivity index (χ3n) is 5.01. The first-order chi connectivity index (χ1) is 15.2. The molecule has 170 valence electrons. The maximum absolute atomic E-state index is 12.7. The largest absolute Gasteiger partial charge is 0.504 e. The fourth-order valence-electron chi connectivity index (χ4n) is 3.29. The van der Waals surface area contributed by atoms with E-state index in [-0.39, 0.29) is 23.3 Å². The highest BCUT2D eigenvalue weighted by atomic mass is 16.5. The summed E-state index contributed by atoms with van der Waals surface area (Å²) in [5.41, 5.74) is -1.26. The van der Waals surface area contributed by atoms with E-state index in [9.17, 15) is 35.1 Å². The van der Waals surface area contributed by atoms with E-state index in [1.54, 1.807) is 0 Å². The van der Waals surface area contributed by atoms with Crippen LogP contribution in [0.15, 0.2) is 33.5 Å².